The molecule has 0 aliphatic carbocycles. The van der Waals surface area contributed by atoms with Crippen LogP contribution in [0.3, 0.4) is 0 Å². The van der Waals surface area contributed by atoms with Gasteiger partial charge in [-0.2, -0.15) is 0 Å². The van der Waals surface area contributed by atoms with Crippen LogP contribution in [-0.4, -0.2) is 62.5 Å². The van der Waals surface area contributed by atoms with Crippen LogP contribution in [0.1, 0.15) is 39.8 Å². The zero-order valence-electron chi connectivity index (χ0n) is 31.6. The molecular formula is C44H48ClN5O6S2. The van der Waals surface area contributed by atoms with Crippen LogP contribution in [0.2, 0.25) is 5.02 Å². The van der Waals surface area contributed by atoms with Crippen molar-refractivity contribution in [3.8, 4) is 33.8 Å². The van der Waals surface area contributed by atoms with Gasteiger partial charge in [0.05, 0.1) is 57.3 Å². The minimum atomic E-state index is -3.32. The average Bonchev–Trinajstić information content (AvgIpc) is 3.75. The molecule has 4 N–H and O–H groups in total. The Morgan fingerprint density at radius 3 is 1.52 bits per heavy atom. The maximum absolute atomic E-state index is 12.4. The lowest BCUT2D eigenvalue weighted by Gasteiger charge is -2.12. The zero-order chi connectivity index (χ0) is 40.1. The summed E-state index contributed by atoms with van der Waals surface area (Å²) in [7, 11) is -3.49. The number of nitrogens with one attached hydrogen (secondary N) is 2. The number of aryl methyl sites for hydroxylation is 2. The summed E-state index contributed by atoms with van der Waals surface area (Å²) in [6, 6.07) is 21.6. The van der Waals surface area contributed by atoms with Crippen molar-refractivity contribution in [1.82, 2.24) is 19.9 Å². The number of hydrogen-bond donors (Lipinski definition) is 3. The number of aromatic amines is 2. The molecule has 0 saturated carbocycles. The summed E-state index contributed by atoms with van der Waals surface area (Å²) in [4.78, 5) is 16.1. The van der Waals surface area contributed by atoms with Crippen LogP contribution in [0.15, 0.2) is 95.0 Å². The normalized spacial score (nSPS) is 11.6. The van der Waals surface area contributed by atoms with Crippen LogP contribution in [0.5, 0.6) is 11.5 Å². The van der Waals surface area contributed by atoms with E-state index < -0.39 is 19.7 Å². The first-order valence-corrected chi connectivity index (χ1v) is 21.4. The molecule has 8 aromatic rings. The van der Waals surface area contributed by atoms with E-state index in [0.717, 1.165) is 77.3 Å². The molecule has 4 aromatic heterocycles. The lowest BCUT2D eigenvalue weighted by atomic mass is 9.98. The zero-order valence-corrected chi connectivity index (χ0v) is 34.0. The number of nitrogens with zero attached hydrogens (tertiary/aromatic N) is 2. The van der Waals surface area contributed by atoms with Crippen LogP contribution < -0.4 is 15.2 Å². The van der Waals surface area contributed by atoms with E-state index in [-0.39, 0.29) is 26.4 Å². The van der Waals surface area contributed by atoms with Gasteiger partial charge in [-0.15, -0.1) is 0 Å². The third kappa shape index (κ3) is 7.69. The summed E-state index contributed by atoms with van der Waals surface area (Å²) in [6.45, 7) is 7.23. The molecule has 0 aliphatic rings. The number of anilines is 1. The number of nitrogen functional groups attached to an aromatic ring is 1. The molecule has 58 heavy (non-hydrogen) atoms. The number of aromatic nitrogens is 4. The van der Waals surface area contributed by atoms with Gasteiger partial charge in [0, 0.05) is 33.9 Å². The fourth-order valence-corrected chi connectivity index (χ4v) is 9.13. The maximum Gasteiger partial charge on any atom is 0.178 e. The van der Waals surface area contributed by atoms with E-state index in [1.165, 1.54) is 0 Å². The van der Waals surface area contributed by atoms with Crippen LogP contribution in [0.4, 0.5) is 5.69 Å². The Balaban J connectivity index is 0.000000214. The Hall–Kier alpha value is -5.63. The fraction of sp³-hybridized carbons (Fsp3) is 0.227. The summed E-state index contributed by atoms with van der Waals surface area (Å²) in [5.74, 6) is 1.18. The summed E-state index contributed by atoms with van der Waals surface area (Å²) < 4.78 is 60.5. The number of methoxy groups -OCH3 is 2. The molecule has 8 rings (SSSR count). The molecule has 0 amide bonds. The van der Waals surface area contributed by atoms with Crippen molar-refractivity contribution in [2.75, 3.05) is 31.5 Å². The minimum absolute atomic E-state index is 0. The van der Waals surface area contributed by atoms with Crippen LogP contribution >= 0.6 is 11.6 Å². The van der Waals surface area contributed by atoms with Crippen LogP contribution in [-0.2, 0) is 19.7 Å². The van der Waals surface area contributed by atoms with Gasteiger partial charge in [-0.25, -0.2) is 26.8 Å². The average molecular weight is 842 g/mol. The Kier molecular flexibility index (Phi) is 12.5. The van der Waals surface area contributed by atoms with Gasteiger partial charge in [0.15, 0.2) is 31.2 Å². The first-order chi connectivity index (χ1) is 26.7. The van der Waals surface area contributed by atoms with Crippen molar-refractivity contribution >= 4 is 80.8 Å². The van der Waals surface area contributed by atoms with E-state index in [4.69, 9.17) is 26.8 Å². The molecular weight excluding hydrogens is 794 g/mol. The molecule has 304 valence electrons. The van der Waals surface area contributed by atoms with Gasteiger partial charge in [-0.3, -0.25) is 0 Å². The molecule has 4 aromatic carbocycles. The summed E-state index contributed by atoms with van der Waals surface area (Å²) in [5, 5.41) is 4.12. The Labute approximate surface area is 344 Å². The van der Waals surface area contributed by atoms with E-state index in [0.29, 0.717) is 32.0 Å². The smallest absolute Gasteiger partial charge is 0.178 e. The molecule has 0 atom stereocenters. The van der Waals surface area contributed by atoms with E-state index in [2.05, 4.69) is 19.9 Å². The van der Waals surface area contributed by atoms with Crippen molar-refractivity contribution < 1.29 is 26.3 Å². The topological polar surface area (TPSA) is 170 Å². The highest BCUT2D eigenvalue weighted by molar-refractivity contribution is 7.91. The molecule has 11 nitrogen and oxygen atoms in total. The SMILES string of the molecule is C.C.CCS(=O)(=O)c1cccc(-c2cc(Cl)c(OC)c3[nH]c4ncc(C)cc4c23)c1.CCS(=O)(=O)c1cccc(-c2cc(N)c(OC)c3[nH]c4ncc(C)cc4c23)c1. The highest BCUT2D eigenvalue weighted by atomic mass is 35.5. The van der Waals surface area contributed by atoms with Gasteiger partial charge in [0.25, 0.3) is 0 Å². The molecule has 0 spiro atoms. The number of pyridine rings is 2. The second kappa shape index (κ2) is 16.7. The molecule has 0 saturated heterocycles. The van der Waals surface area contributed by atoms with E-state index in [1.54, 1.807) is 76.9 Å². The highest BCUT2D eigenvalue weighted by Gasteiger charge is 2.22. The Bertz CT molecular complexity index is 2860. The number of sulfone groups is 2. The first kappa shape index (κ1) is 43.5. The highest BCUT2D eigenvalue weighted by Crippen LogP contribution is 2.44. The predicted molar refractivity (Wildman–Crippen MR) is 239 cm³/mol. The lowest BCUT2D eigenvalue weighted by molar-refractivity contribution is 0.419. The third-order valence-electron chi connectivity index (χ3n) is 9.79. The lowest BCUT2D eigenvalue weighted by Crippen LogP contribution is -2.03. The Morgan fingerprint density at radius 1 is 0.655 bits per heavy atom. The monoisotopic (exact) mass is 841 g/mol. The number of halogens is 1. The van der Waals surface area contributed by atoms with Crippen molar-refractivity contribution in [1.29, 1.82) is 0 Å². The molecule has 4 heterocycles. The molecule has 0 unspecified atom stereocenters. The summed E-state index contributed by atoms with van der Waals surface area (Å²) in [6.07, 6.45) is 3.58. The third-order valence-corrected chi connectivity index (χ3v) is 13.5. The molecule has 0 aliphatic heterocycles. The largest absolute Gasteiger partial charge is 0.493 e. The van der Waals surface area contributed by atoms with Gasteiger partial charge < -0.3 is 25.2 Å². The predicted octanol–water partition coefficient (Wildman–Crippen LogP) is 10.5. The first-order valence-electron chi connectivity index (χ1n) is 17.8. The number of nitrogens with two attached hydrogens (primary N) is 1. The quantitative estimate of drug-likeness (QED) is 0.126. The van der Waals surface area contributed by atoms with Gasteiger partial charge in [-0.1, -0.05) is 64.6 Å². The van der Waals surface area contributed by atoms with E-state index in [9.17, 15) is 16.8 Å². The number of benzene rings is 4. The number of rotatable bonds is 8. The number of H-pyrrole nitrogens is 2. The minimum Gasteiger partial charge on any atom is -0.493 e. The fourth-order valence-electron chi connectivity index (χ4n) is 6.99. The van der Waals surface area contributed by atoms with Crippen LogP contribution in [0, 0.1) is 13.8 Å². The van der Waals surface area contributed by atoms with E-state index >= 15 is 0 Å². The van der Waals surface area contributed by atoms with Gasteiger partial charge in [0.1, 0.15) is 11.3 Å². The molecule has 0 radical (unpaired) electrons. The second-order valence-electron chi connectivity index (χ2n) is 13.4. The standard InChI is InChI=1S/C21H19ClN2O3S.C21H21N3O3S.2CH4/c2*1-4-28(25,26)14-7-5-6-13(9-14)15-10-17(22)20(27-3)19-18(15)16-8-12(2)11-23-21(16)24-19;;/h5-11H,4H2,1-3H3,(H,23,24);5-11H,4,22H2,1-3H3,(H,23,24);2*1H4. The number of ether oxygens (including phenoxy) is 2. The second-order valence-corrected chi connectivity index (χ2v) is 18.4. The van der Waals surface area contributed by atoms with Gasteiger partial charge in [-0.05, 0) is 95.8 Å². The van der Waals surface area contributed by atoms with Crippen molar-refractivity contribution in [3.63, 3.8) is 0 Å². The molecule has 0 fully saturated rings. The number of fused-ring (bicyclic) bond motifs is 6. The summed E-state index contributed by atoms with van der Waals surface area (Å²) >= 11 is 6.49. The van der Waals surface area contributed by atoms with Gasteiger partial charge in [0.2, 0.25) is 0 Å². The van der Waals surface area contributed by atoms with Crippen molar-refractivity contribution in [2.45, 2.75) is 52.3 Å². The van der Waals surface area contributed by atoms with Crippen molar-refractivity contribution in [2.24, 2.45) is 0 Å². The van der Waals surface area contributed by atoms with Crippen LogP contribution in [0.25, 0.3) is 66.1 Å². The summed E-state index contributed by atoms with van der Waals surface area (Å²) in [5.41, 5.74) is 14.9. The van der Waals surface area contributed by atoms with Crippen molar-refractivity contribution in [3.05, 3.63) is 101 Å². The van der Waals surface area contributed by atoms with Gasteiger partial charge >= 0.3 is 0 Å². The molecule has 0 bridgehead atoms. The maximum atomic E-state index is 12.4. The number of hydrogen-bond acceptors (Lipinski definition) is 9. The molecule has 14 heteroatoms. The Morgan fingerprint density at radius 2 is 1.09 bits per heavy atom. The van der Waals surface area contributed by atoms with E-state index in [1.807, 2.05) is 50.2 Å².